The molecule has 1 aliphatic carbocycles. The molecule has 1 aliphatic rings. The lowest BCUT2D eigenvalue weighted by molar-refractivity contribution is 0.0882. The van der Waals surface area contributed by atoms with Crippen LogP contribution in [0.1, 0.15) is 41.6 Å². The number of carbonyl (C=O) groups excluding carboxylic acids is 1. The topological polar surface area (TPSA) is 17.1 Å². The van der Waals surface area contributed by atoms with Gasteiger partial charge in [-0.05, 0) is 30.5 Å². The van der Waals surface area contributed by atoms with Crippen molar-refractivity contribution in [2.24, 2.45) is 0 Å². The maximum Gasteiger partial charge on any atom is 0.176 e. The van der Waals surface area contributed by atoms with Crippen LogP contribution in [0.25, 0.3) is 0 Å². The zero-order chi connectivity index (χ0) is 14.0. The third kappa shape index (κ3) is 2.05. The summed E-state index contributed by atoms with van der Waals surface area (Å²) >= 11 is 0. The van der Waals surface area contributed by atoms with Crippen LogP contribution in [0.5, 0.6) is 0 Å². The molecule has 0 amide bonds. The first kappa shape index (κ1) is 13.0. The van der Waals surface area contributed by atoms with E-state index in [1.165, 1.54) is 6.07 Å². The van der Waals surface area contributed by atoms with E-state index in [0.29, 0.717) is 0 Å². The van der Waals surface area contributed by atoms with Crippen molar-refractivity contribution in [3.05, 3.63) is 71.5 Å². The normalized spacial score (nSPS) is 17.1. The summed E-state index contributed by atoms with van der Waals surface area (Å²) in [6.07, 6.45) is 3.67. The first-order chi connectivity index (χ1) is 9.74. The predicted molar refractivity (Wildman–Crippen MR) is 77.3 cm³/mol. The van der Waals surface area contributed by atoms with Crippen molar-refractivity contribution in [1.29, 1.82) is 0 Å². The Kier molecular flexibility index (Phi) is 3.39. The van der Waals surface area contributed by atoms with E-state index < -0.39 is 11.2 Å². The third-order valence-electron chi connectivity index (χ3n) is 4.34. The zero-order valence-electron chi connectivity index (χ0n) is 11.3. The fourth-order valence-corrected chi connectivity index (χ4v) is 3.29. The van der Waals surface area contributed by atoms with Crippen LogP contribution in [0.15, 0.2) is 54.6 Å². The standard InChI is InChI=1S/C18H17FO/c19-16-11-5-4-10-15(16)17(20)18(12-6-7-13-18)14-8-2-1-3-9-14/h1-5,8-11H,6-7,12-13H2. The Bertz CT molecular complexity index is 612. The Morgan fingerprint density at radius 3 is 2.15 bits per heavy atom. The second-order valence-corrected chi connectivity index (χ2v) is 5.46. The van der Waals surface area contributed by atoms with Crippen molar-refractivity contribution in [3.8, 4) is 0 Å². The lowest BCUT2D eigenvalue weighted by Gasteiger charge is -2.28. The summed E-state index contributed by atoms with van der Waals surface area (Å²) in [7, 11) is 0. The quantitative estimate of drug-likeness (QED) is 0.748. The van der Waals surface area contributed by atoms with Crippen molar-refractivity contribution in [2.45, 2.75) is 31.1 Å². The maximum absolute atomic E-state index is 14.0. The first-order valence-electron chi connectivity index (χ1n) is 7.09. The molecule has 0 radical (unpaired) electrons. The molecule has 0 heterocycles. The summed E-state index contributed by atoms with van der Waals surface area (Å²) in [5.41, 5.74) is 0.702. The van der Waals surface area contributed by atoms with E-state index in [4.69, 9.17) is 0 Å². The highest BCUT2D eigenvalue weighted by Crippen LogP contribution is 2.43. The fraction of sp³-hybridized carbons (Fsp3) is 0.278. The Balaban J connectivity index is 2.08. The van der Waals surface area contributed by atoms with Gasteiger partial charge in [-0.2, -0.15) is 0 Å². The van der Waals surface area contributed by atoms with Crippen LogP contribution in [-0.4, -0.2) is 5.78 Å². The van der Waals surface area contributed by atoms with E-state index in [1.54, 1.807) is 18.2 Å². The van der Waals surface area contributed by atoms with Crippen LogP contribution < -0.4 is 0 Å². The Morgan fingerprint density at radius 2 is 1.50 bits per heavy atom. The number of hydrogen-bond donors (Lipinski definition) is 0. The minimum Gasteiger partial charge on any atom is -0.293 e. The minimum atomic E-state index is -0.538. The van der Waals surface area contributed by atoms with Gasteiger partial charge in [-0.15, -0.1) is 0 Å². The molecule has 2 aromatic carbocycles. The van der Waals surface area contributed by atoms with Gasteiger partial charge in [-0.1, -0.05) is 55.3 Å². The van der Waals surface area contributed by atoms with Crippen LogP contribution in [-0.2, 0) is 5.41 Å². The predicted octanol–water partition coefficient (Wildman–Crippen LogP) is 4.52. The van der Waals surface area contributed by atoms with Gasteiger partial charge in [-0.3, -0.25) is 4.79 Å². The molecule has 0 bridgehead atoms. The Labute approximate surface area is 118 Å². The van der Waals surface area contributed by atoms with Crippen LogP contribution in [0.2, 0.25) is 0 Å². The highest BCUT2D eigenvalue weighted by atomic mass is 19.1. The number of rotatable bonds is 3. The van der Waals surface area contributed by atoms with Crippen molar-refractivity contribution in [2.75, 3.05) is 0 Å². The van der Waals surface area contributed by atoms with Crippen molar-refractivity contribution in [3.63, 3.8) is 0 Å². The molecular weight excluding hydrogens is 251 g/mol. The Morgan fingerprint density at radius 1 is 0.900 bits per heavy atom. The number of Topliss-reactive ketones (excluding diaryl/α,β-unsaturated/α-hetero) is 1. The molecule has 2 heteroatoms. The molecule has 20 heavy (non-hydrogen) atoms. The van der Waals surface area contributed by atoms with E-state index in [0.717, 1.165) is 31.2 Å². The van der Waals surface area contributed by atoms with Crippen LogP contribution in [0, 0.1) is 5.82 Å². The number of halogens is 1. The molecule has 1 nitrogen and oxygen atoms in total. The molecule has 3 rings (SSSR count). The van der Waals surface area contributed by atoms with E-state index in [1.807, 2.05) is 30.3 Å². The van der Waals surface area contributed by atoms with Gasteiger partial charge >= 0.3 is 0 Å². The third-order valence-corrected chi connectivity index (χ3v) is 4.34. The van der Waals surface area contributed by atoms with Gasteiger partial charge in [0.1, 0.15) is 5.82 Å². The average molecular weight is 268 g/mol. The zero-order valence-corrected chi connectivity index (χ0v) is 11.3. The number of benzene rings is 2. The van der Waals surface area contributed by atoms with Crippen LogP contribution in [0.3, 0.4) is 0 Å². The molecule has 0 atom stereocenters. The Hall–Kier alpha value is -1.96. The smallest absolute Gasteiger partial charge is 0.176 e. The van der Waals surface area contributed by atoms with Crippen molar-refractivity contribution >= 4 is 5.78 Å². The fourth-order valence-electron chi connectivity index (χ4n) is 3.29. The van der Waals surface area contributed by atoms with Gasteiger partial charge in [0.2, 0.25) is 0 Å². The molecule has 0 unspecified atom stereocenters. The molecule has 0 saturated heterocycles. The van der Waals surface area contributed by atoms with Gasteiger partial charge in [0.25, 0.3) is 0 Å². The summed E-state index contributed by atoms with van der Waals surface area (Å²) in [5, 5.41) is 0. The number of carbonyl (C=O) groups is 1. The summed E-state index contributed by atoms with van der Waals surface area (Å²) in [6.45, 7) is 0. The molecule has 1 fully saturated rings. The molecule has 102 valence electrons. The summed E-state index contributed by atoms with van der Waals surface area (Å²) < 4.78 is 14.0. The molecule has 0 N–H and O–H groups in total. The second-order valence-electron chi connectivity index (χ2n) is 5.46. The molecule has 1 saturated carbocycles. The van der Waals surface area contributed by atoms with E-state index in [9.17, 15) is 9.18 Å². The molecule has 2 aromatic rings. The number of ketones is 1. The molecule has 0 aromatic heterocycles. The van der Waals surface area contributed by atoms with E-state index in [-0.39, 0.29) is 11.3 Å². The average Bonchev–Trinajstić information content (AvgIpc) is 2.99. The molecule has 0 aliphatic heterocycles. The van der Waals surface area contributed by atoms with Crippen molar-refractivity contribution < 1.29 is 9.18 Å². The SMILES string of the molecule is O=C(c1ccccc1F)C1(c2ccccc2)CCCC1. The highest BCUT2D eigenvalue weighted by Gasteiger charge is 2.43. The van der Waals surface area contributed by atoms with Gasteiger partial charge in [0.15, 0.2) is 5.78 Å². The largest absolute Gasteiger partial charge is 0.293 e. The summed E-state index contributed by atoms with van der Waals surface area (Å²) in [6, 6.07) is 16.1. The van der Waals surface area contributed by atoms with E-state index in [2.05, 4.69) is 0 Å². The maximum atomic E-state index is 14.0. The van der Waals surface area contributed by atoms with Crippen LogP contribution in [0.4, 0.5) is 4.39 Å². The van der Waals surface area contributed by atoms with Gasteiger partial charge < -0.3 is 0 Å². The summed E-state index contributed by atoms with van der Waals surface area (Å²) in [4.78, 5) is 13.0. The minimum absolute atomic E-state index is 0.0701. The van der Waals surface area contributed by atoms with E-state index >= 15 is 0 Å². The monoisotopic (exact) mass is 268 g/mol. The van der Waals surface area contributed by atoms with Crippen LogP contribution >= 0.6 is 0 Å². The first-order valence-corrected chi connectivity index (χ1v) is 7.09. The second kappa shape index (κ2) is 5.20. The summed E-state index contributed by atoms with van der Waals surface area (Å²) in [5.74, 6) is -0.487. The highest BCUT2D eigenvalue weighted by molar-refractivity contribution is 6.04. The molecular formula is C18H17FO. The van der Waals surface area contributed by atoms with Gasteiger partial charge in [-0.25, -0.2) is 4.39 Å². The lowest BCUT2D eigenvalue weighted by Crippen LogP contribution is -2.33. The van der Waals surface area contributed by atoms with Gasteiger partial charge in [0.05, 0.1) is 11.0 Å². The van der Waals surface area contributed by atoms with Crippen molar-refractivity contribution in [1.82, 2.24) is 0 Å². The van der Waals surface area contributed by atoms with Gasteiger partial charge in [0, 0.05) is 0 Å². The number of hydrogen-bond acceptors (Lipinski definition) is 1. The lowest BCUT2D eigenvalue weighted by atomic mass is 9.73. The molecule has 0 spiro atoms.